The molecule has 0 heterocycles. The Morgan fingerprint density at radius 3 is 1.57 bits per heavy atom. The Balaban J connectivity index is 1.88. The molecule has 230 valence electrons. The van der Waals surface area contributed by atoms with E-state index >= 15 is 0 Å². The lowest BCUT2D eigenvalue weighted by atomic mass is 9.92. The van der Waals surface area contributed by atoms with E-state index in [1.165, 1.54) is 43.3 Å². The predicted molar refractivity (Wildman–Crippen MR) is 139 cm³/mol. The van der Waals surface area contributed by atoms with Gasteiger partial charge < -0.3 is 18.9 Å². The minimum Gasteiger partial charge on any atom is -0.463 e. The third-order valence-corrected chi connectivity index (χ3v) is 7.93. The Morgan fingerprint density at radius 2 is 1.21 bits per heavy atom. The van der Waals surface area contributed by atoms with Gasteiger partial charge in [-0.3, -0.25) is 0 Å². The van der Waals surface area contributed by atoms with Crippen molar-refractivity contribution in [2.24, 2.45) is 17.3 Å². The maximum absolute atomic E-state index is 14.4. The summed E-state index contributed by atoms with van der Waals surface area (Å²) in [5.74, 6) is -4.90. The van der Waals surface area contributed by atoms with Gasteiger partial charge in [-0.15, -0.1) is 0 Å². The summed E-state index contributed by atoms with van der Waals surface area (Å²) in [6, 6.07) is 12.5. The van der Waals surface area contributed by atoms with Crippen LogP contribution in [0.15, 0.2) is 72.8 Å². The number of carbonyl (C=O) groups is 2. The highest BCUT2D eigenvalue weighted by atomic mass is 19.4. The Labute approximate surface area is 239 Å². The van der Waals surface area contributed by atoms with Gasteiger partial charge in [0.05, 0.1) is 6.61 Å². The summed E-state index contributed by atoms with van der Waals surface area (Å²) in [7, 11) is 1.47. The zero-order valence-electron chi connectivity index (χ0n) is 23.6. The zero-order chi connectivity index (χ0) is 31.7. The van der Waals surface area contributed by atoms with E-state index in [1.54, 1.807) is 13.8 Å². The Kier molecular flexibility index (Phi) is 9.24. The highest BCUT2D eigenvalue weighted by Gasteiger charge is 2.68. The lowest BCUT2D eigenvalue weighted by Crippen LogP contribution is -2.52. The summed E-state index contributed by atoms with van der Waals surface area (Å²) in [5.41, 5.74) is -8.51. The fourth-order valence-electron chi connectivity index (χ4n) is 5.43. The van der Waals surface area contributed by atoms with Crippen molar-refractivity contribution in [3.63, 3.8) is 0 Å². The van der Waals surface area contributed by atoms with Gasteiger partial charge in [-0.05, 0) is 17.9 Å². The molecule has 6 nitrogen and oxygen atoms in total. The van der Waals surface area contributed by atoms with Gasteiger partial charge in [0.2, 0.25) is 0 Å². The van der Waals surface area contributed by atoms with E-state index in [2.05, 4.69) is 6.58 Å². The maximum Gasteiger partial charge on any atom is 0.432 e. The number of rotatable bonds is 11. The zero-order valence-corrected chi connectivity index (χ0v) is 23.6. The number of hydrogen-bond acceptors (Lipinski definition) is 6. The van der Waals surface area contributed by atoms with Gasteiger partial charge in [-0.2, -0.15) is 26.3 Å². The second kappa shape index (κ2) is 11.7. The number of benzene rings is 2. The van der Waals surface area contributed by atoms with Crippen LogP contribution in [0.25, 0.3) is 0 Å². The first-order chi connectivity index (χ1) is 19.4. The SMILES string of the molecule is C=C(C)[C@H](OC(=O)[C@@](OC)(c1ccccc1)C(F)(F)F)[C@@H]1[C@@H](COC(=O)[C@@](OC)(c2ccccc2)C(F)(F)F)C1(C)C. The van der Waals surface area contributed by atoms with Crippen molar-refractivity contribution >= 4 is 11.9 Å². The molecular formula is C30H32F6O6. The van der Waals surface area contributed by atoms with Gasteiger partial charge in [-0.25, -0.2) is 9.59 Å². The van der Waals surface area contributed by atoms with Crippen molar-refractivity contribution in [3.05, 3.63) is 83.9 Å². The monoisotopic (exact) mass is 602 g/mol. The summed E-state index contributed by atoms with van der Waals surface area (Å²) >= 11 is 0. The van der Waals surface area contributed by atoms with Crippen LogP contribution in [0, 0.1) is 17.3 Å². The molecule has 1 saturated carbocycles. The van der Waals surface area contributed by atoms with Crippen molar-refractivity contribution in [1.82, 2.24) is 0 Å². The Bertz CT molecular complexity index is 1280. The molecular weight excluding hydrogens is 570 g/mol. The van der Waals surface area contributed by atoms with Crippen molar-refractivity contribution in [3.8, 4) is 0 Å². The van der Waals surface area contributed by atoms with Gasteiger partial charge in [0, 0.05) is 37.2 Å². The molecule has 0 aliphatic heterocycles. The predicted octanol–water partition coefficient (Wildman–Crippen LogP) is 6.50. The number of esters is 2. The second-order valence-corrected chi connectivity index (χ2v) is 10.7. The molecule has 1 aliphatic carbocycles. The number of halogens is 6. The average Bonchev–Trinajstić information content (AvgIpc) is 3.45. The molecule has 1 fully saturated rings. The molecule has 42 heavy (non-hydrogen) atoms. The largest absolute Gasteiger partial charge is 0.463 e. The van der Waals surface area contributed by atoms with Crippen LogP contribution < -0.4 is 0 Å². The van der Waals surface area contributed by atoms with E-state index in [1.807, 2.05) is 0 Å². The van der Waals surface area contributed by atoms with Crippen LogP contribution in [-0.2, 0) is 39.7 Å². The standard InChI is InChI=1S/C30H32F6O6/c1-18(2)23(42-25(38)28(40-6,30(34,35)36)20-15-11-8-12-16-20)22-21(26(22,3)4)17-41-24(37)27(39-5,29(31,32)33)19-13-9-7-10-14-19/h7-16,21-23H,1,17H2,2-6H3/t21-,22+,23+,27+,28+/m1/s1. The Hall–Kier alpha value is -3.38. The minimum atomic E-state index is -5.22. The summed E-state index contributed by atoms with van der Waals surface area (Å²) in [6.07, 6.45) is -11.7. The van der Waals surface area contributed by atoms with Gasteiger partial charge >= 0.3 is 24.3 Å². The van der Waals surface area contributed by atoms with E-state index in [0.29, 0.717) is 0 Å². The van der Waals surface area contributed by atoms with Crippen molar-refractivity contribution in [2.45, 2.75) is 50.4 Å². The van der Waals surface area contributed by atoms with E-state index in [9.17, 15) is 35.9 Å². The van der Waals surface area contributed by atoms with Crippen LogP contribution in [0.1, 0.15) is 31.9 Å². The molecule has 3 rings (SSSR count). The maximum atomic E-state index is 14.4. The molecule has 0 aromatic heterocycles. The van der Waals surface area contributed by atoms with E-state index in [-0.39, 0.29) is 5.57 Å². The molecule has 0 N–H and O–H groups in total. The average molecular weight is 603 g/mol. The van der Waals surface area contributed by atoms with E-state index in [4.69, 9.17) is 18.9 Å². The van der Waals surface area contributed by atoms with Crippen LogP contribution in [0.2, 0.25) is 0 Å². The minimum absolute atomic E-state index is 0.182. The molecule has 0 bridgehead atoms. The fraction of sp³-hybridized carbons (Fsp3) is 0.467. The topological polar surface area (TPSA) is 71.1 Å². The normalized spacial score (nSPS) is 21.8. The molecule has 2 aromatic rings. The van der Waals surface area contributed by atoms with E-state index < -0.39 is 76.6 Å². The van der Waals surface area contributed by atoms with Crippen LogP contribution in [0.5, 0.6) is 0 Å². The quantitative estimate of drug-likeness (QED) is 0.166. The van der Waals surface area contributed by atoms with Crippen LogP contribution >= 0.6 is 0 Å². The molecule has 1 aliphatic rings. The smallest absolute Gasteiger partial charge is 0.432 e. The van der Waals surface area contributed by atoms with Gasteiger partial charge in [0.25, 0.3) is 11.2 Å². The third-order valence-electron chi connectivity index (χ3n) is 7.93. The Morgan fingerprint density at radius 1 is 0.810 bits per heavy atom. The summed E-state index contributed by atoms with van der Waals surface area (Å²) in [6.45, 7) is 7.96. The first-order valence-electron chi connectivity index (χ1n) is 12.8. The van der Waals surface area contributed by atoms with Gasteiger partial charge in [-0.1, -0.05) is 81.1 Å². The van der Waals surface area contributed by atoms with Crippen molar-refractivity contribution in [2.75, 3.05) is 20.8 Å². The van der Waals surface area contributed by atoms with E-state index in [0.717, 1.165) is 38.5 Å². The lowest BCUT2D eigenvalue weighted by Gasteiger charge is -2.34. The lowest BCUT2D eigenvalue weighted by molar-refractivity contribution is -0.278. The van der Waals surface area contributed by atoms with Crippen molar-refractivity contribution < 1.29 is 54.9 Å². The number of methoxy groups -OCH3 is 2. The molecule has 0 unspecified atom stereocenters. The number of alkyl halides is 6. The molecule has 12 heteroatoms. The summed E-state index contributed by atoms with van der Waals surface area (Å²) < 4.78 is 106. The second-order valence-electron chi connectivity index (χ2n) is 10.7. The third kappa shape index (κ3) is 5.54. The first-order valence-corrected chi connectivity index (χ1v) is 12.8. The number of hydrogen-bond donors (Lipinski definition) is 0. The molecule has 5 atom stereocenters. The molecule has 0 amide bonds. The molecule has 0 spiro atoms. The van der Waals surface area contributed by atoms with Gasteiger partial charge in [0.1, 0.15) is 6.10 Å². The first kappa shape index (κ1) is 33.1. The molecule has 0 radical (unpaired) electrons. The van der Waals surface area contributed by atoms with Crippen LogP contribution in [0.3, 0.4) is 0 Å². The molecule has 0 saturated heterocycles. The molecule has 2 aromatic carbocycles. The highest BCUT2D eigenvalue weighted by Crippen LogP contribution is 2.62. The highest BCUT2D eigenvalue weighted by molar-refractivity contribution is 5.83. The van der Waals surface area contributed by atoms with Crippen LogP contribution in [0.4, 0.5) is 26.3 Å². The summed E-state index contributed by atoms with van der Waals surface area (Å²) in [4.78, 5) is 26.3. The summed E-state index contributed by atoms with van der Waals surface area (Å²) in [5, 5.41) is 0. The number of carbonyl (C=O) groups excluding carboxylic acids is 2. The number of ether oxygens (including phenoxy) is 4. The van der Waals surface area contributed by atoms with Gasteiger partial charge in [0.15, 0.2) is 0 Å². The van der Waals surface area contributed by atoms with Crippen molar-refractivity contribution in [1.29, 1.82) is 0 Å². The fourth-order valence-corrected chi connectivity index (χ4v) is 5.43. The van der Waals surface area contributed by atoms with Crippen LogP contribution in [-0.4, -0.2) is 51.2 Å².